The Morgan fingerprint density at radius 1 is 1.16 bits per heavy atom. The lowest BCUT2D eigenvalue weighted by Crippen LogP contribution is -2.41. The number of anilines is 1. The van der Waals surface area contributed by atoms with Gasteiger partial charge in [-0.05, 0) is 49.3 Å². The van der Waals surface area contributed by atoms with Gasteiger partial charge in [0.1, 0.15) is 23.8 Å². The molecule has 1 saturated heterocycles. The lowest BCUT2D eigenvalue weighted by molar-refractivity contribution is -0.140. The van der Waals surface area contributed by atoms with Gasteiger partial charge in [0.15, 0.2) is 0 Å². The highest BCUT2D eigenvalue weighted by molar-refractivity contribution is 6.04. The summed E-state index contributed by atoms with van der Waals surface area (Å²) in [4.78, 5) is 21.4. The van der Waals surface area contributed by atoms with Crippen molar-refractivity contribution in [1.82, 2.24) is 14.9 Å². The first kappa shape index (κ1) is 21.9. The number of rotatable bonds is 6. The number of hydrogen-bond acceptors (Lipinski definition) is 5. The van der Waals surface area contributed by atoms with Crippen LogP contribution < -0.4 is 5.32 Å². The molecule has 168 valence electrons. The molecule has 4 rings (SSSR count). The van der Waals surface area contributed by atoms with Gasteiger partial charge >= 0.3 is 12.1 Å². The van der Waals surface area contributed by atoms with Gasteiger partial charge in [-0.15, -0.1) is 0 Å². The number of likely N-dealkylation sites (tertiary alicyclic amines) is 1. The van der Waals surface area contributed by atoms with E-state index in [1.807, 2.05) is 4.90 Å². The summed E-state index contributed by atoms with van der Waals surface area (Å²) in [7, 11) is 0. The monoisotopic (exact) mass is 452 g/mol. The van der Waals surface area contributed by atoms with Gasteiger partial charge in [0, 0.05) is 11.9 Å². The third-order valence-corrected chi connectivity index (χ3v) is 5.33. The minimum atomic E-state index is -4.87. The Balaban J connectivity index is 1.78. The van der Waals surface area contributed by atoms with E-state index in [9.17, 15) is 31.9 Å². The number of fused-ring (bicyclic) bond motifs is 1. The van der Waals surface area contributed by atoms with E-state index in [-0.39, 0.29) is 34.4 Å². The molecule has 32 heavy (non-hydrogen) atoms. The number of nitrogens with one attached hydrogen (secondary N) is 1. The van der Waals surface area contributed by atoms with Crippen molar-refractivity contribution < 1.29 is 31.9 Å². The molecular weight excluding hydrogens is 435 g/mol. The zero-order chi connectivity index (χ0) is 23.0. The Morgan fingerprint density at radius 3 is 2.53 bits per heavy atom. The average molecular weight is 452 g/mol. The quantitative estimate of drug-likeness (QED) is 0.537. The number of benzene rings is 2. The van der Waals surface area contributed by atoms with E-state index in [0.717, 1.165) is 50.1 Å². The molecule has 1 aliphatic heterocycles. The van der Waals surface area contributed by atoms with Crippen molar-refractivity contribution in [2.75, 3.05) is 25.0 Å². The van der Waals surface area contributed by atoms with E-state index in [1.54, 1.807) is 0 Å². The molecule has 11 heteroatoms. The third kappa shape index (κ3) is 4.33. The van der Waals surface area contributed by atoms with Crippen molar-refractivity contribution in [3.8, 4) is 0 Å². The number of halogens is 5. The van der Waals surface area contributed by atoms with Crippen molar-refractivity contribution in [2.45, 2.75) is 18.6 Å². The lowest BCUT2D eigenvalue weighted by atomic mass is 10.0. The summed E-state index contributed by atoms with van der Waals surface area (Å²) in [5.41, 5.74) is -1.62. The van der Waals surface area contributed by atoms with Crippen LogP contribution in [0.4, 0.5) is 27.8 Å². The SMILES string of the molecule is O=C(O)c1cc(F)cc2c(N[C@H](CN3CCC3)c3ccc(F)c(C(F)(F)F)c3)ncnc12. The Morgan fingerprint density at radius 2 is 1.91 bits per heavy atom. The second-order valence-corrected chi connectivity index (χ2v) is 7.47. The molecule has 0 saturated carbocycles. The van der Waals surface area contributed by atoms with Crippen LogP contribution in [0.3, 0.4) is 0 Å². The van der Waals surface area contributed by atoms with Gasteiger partial charge in [0.2, 0.25) is 0 Å². The average Bonchev–Trinajstić information content (AvgIpc) is 2.69. The van der Waals surface area contributed by atoms with Gasteiger partial charge in [0.25, 0.3) is 0 Å². The third-order valence-electron chi connectivity index (χ3n) is 5.33. The molecule has 1 aliphatic rings. The van der Waals surface area contributed by atoms with E-state index in [0.29, 0.717) is 0 Å². The van der Waals surface area contributed by atoms with E-state index in [1.165, 1.54) is 6.07 Å². The number of carboxylic acids is 1. The molecule has 0 unspecified atom stereocenters. The Kier molecular flexibility index (Phi) is 5.68. The van der Waals surface area contributed by atoms with Gasteiger partial charge in [-0.1, -0.05) is 6.07 Å². The molecule has 1 aromatic heterocycles. The topological polar surface area (TPSA) is 78.4 Å². The molecule has 2 aromatic carbocycles. The fourth-order valence-corrected chi connectivity index (χ4v) is 3.61. The first-order chi connectivity index (χ1) is 15.1. The highest BCUT2D eigenvalue weighted by Crippen LogP contribution is 2.35. The summed E-state index contributed by atoms with van der Waals surface area (Å²) in [5, 5.41) is 12.4. The van der Waals surface area contributed by atoms with Crippen LogP contribution in [0.2, 0.25) is 0 Å². The fraction of sp³-hybridized carbons (Fsp3) is 0.286. The van der Waals surface area contributed by atoms with Gasteiger partial charge in [0.05, 0.1) is 22.7 Å². The highest BCUT2D eigenvalue weighted by atomic mass is 19.4. The summed E-state index contributed by atoms with van der Waals surface area (Å²) in [6.45, 7) is 1.77. The van der Waals surface area contributed by atoms with Crippen LogP contribution in [0.15, 0.2) is 36.7 Å². The summed E-state index contributed by atoms with van der Waals surface area (Å²) in [5.74, 6) is -3.54. The molecule has 1 atom stereocenters. The van der Waals surface area contributed by atoms with Crippen LogP contribution in [-0.2, 0) is 6.18 Å². The maximum atomic E-state index is 14.1. The van der Waals surface area contributed by atoms with E-state index >= 15 is 0 Å². The Hall–Kier alpha value is -3.34. The second-order valence-electron chi connectivity index (χ2n) is 7.47. The van der Waals surface area contributed by atoms with Crippen molar-refractivity contribution in [3.05, 3.63) is 65.0 Å². The number of carboxylic acid groups (broad SMARTS) is 1. The van der Waals surface area contributed by atoms with Crippen molar-refractivity contribution in [3.63, 3.8) is 0 Å². The van der Waals surface area contributed by atoms with E-state index in [4.69, 9.17) is 0 Å². The van der Waals surface area contributed by atoms with Crippen LogP contribution in [-0.4, -0.2) is 45.6 Å². The molecule has 0 amide bonds. The van der Waals surface area contributed by atoms with Gasteiger partial charge < -0.3 is 15.3 Å². The fourth-order valence-electron chi connectivity index (χ4n) is 3.61. The van der Waals surface area contributed by atoms with Crippen LogP contribution >= 0.6 is 0 Å². The van der Waals surface area contributed by atoms with Crippen molar-refractivity contribution in [1.29, 1.82) is 0 Å². The van der Waals surface area contributed by atoms with Crippen LogP contribution in [0.5, 0.6) is 0 Å². The predicted molar refractivity (Wildman–Crippen MR) is 105 cm³/mol. The maximum absolute atomic E-state index is 14.1. The van der Waals surface area contributed by atoms with E-state index in [2.05, 4.69) is 15.3 Å². The lowest BCUT2D eigenvalue weighted by Gasteiger charge is -2.35. The smallest absolute Gasteiger partial charge is 0.419 e. The second kappa shape index (κ2) is 8.30. The summed E-state index contributed by atoms with van der Waals surface area (Å²) < 4.78 is 67.6. The number of aromatic carboxylic acids is 1. The van der Waals surface area contributed by atoms with Gasteiger partial charge in [-0.25, -0.2) is 23.5 Å². The summed E-state index contributed by atoms with van der Waals surface area (Å²) in [6, 6.07) is 3.86. The number of carbonyl (C=O) groups is 1. The number of hydrogen-bond donors (Lipinski definition) is 2. The van der Waals surface area contributed by atoms with Crippen LogP contribution in [0, 0.1) is 11.6 Å². The van der Waals surface area contributed by atoms with Gasteiger partial charge in [-0.2, -0.15) is 13.2 Å². The minimum absolute atomic E-state index is 0.0193. The predicted octanol–water partition coefficient (Wildman–Crippen LogP) is 4.48. The van der Waals surface area contributed by atoms with Crippen LogP contribution in [0.1, 0.15) is 33.9 Å². The summed E-state index contributed by atoms with van der Waals surface area (Å²) in [6.07, 6.45) is -2.85. The molecule has 0 radical (unpaired) electrons. The first-order valence-corrected chi connectivity index (χ1v) is 9.66. The zero-order valence-electron chi connectivity index (χ0n) is 16.5. The zero-order valence-corrected chi connectivity index (χ0v) is 16.5. The molecule has 2 N–H and O–H groups in total. The molecule has 0 aliphatic carbocycles. The molecule has 0 spiro atoms. The molecular formula is C21H17F5N4O2. The largest absolute Gasteiger partial charge is 0.478 e. The van der Waals surface area contributed by atoms with Crippen LogP contribution in [0.25, 0.3) is 10.9 Å². The van der Waals surface area contributed by atoms with E-state index < -0.39 is 35.4 Å². The van der Waals surface area contributed by atoms with Crippen molar-refractivity contribution >= 4 is 22.7 Å². The molecule has 1 fully saturated rings. The molecule has 2 heterocycles. The number of alkyl halides is 3. The molecule has 3 aromatic rings. The Labute approximate surface area is 178 Å². The summed E-state index contributed by atoms with van der Waals surface area (Å²) >= 11 is 0. The first-order valence-electron chi connectivity index (χ1n) is 9.66. The normalized spacial score (nSPS) is 15.4. The van der Waals surface area contributed by atoms with Gasteiger partial charge in [-0.3, -0.25) is 0 Å². The standard InChI is InChI=1S/C21H17F5N4O2/c22-12-7-13-18(14(8-12)20(31)32)27-10-28-19(13)29-17(9-30-4-1-5-30)11-2-3-16(23)15(6-11)21(24,25)26/h2-3,6-8,10,17H,1,4-5,9H2,(H,31,32)(H,27,28,29)/t17-/m1/s1. The molecule has 6 nitrogen and oxygen atoms in total. The number of aromatic nitrogens is 2. The Bertz CT molecular complexity index is 1180. The minimum Gasteiger partial charge on any atom is -0.478 e. The highest BCUT2D eigenvalue weighted by Gasteiger charge is 2.35. The number of nitrogens with zero attached hydrogens (tertiary/aromatic N) is 3. The van der Waals surface area contributed by atoms with Crippen molar-refractivity contribution in [2.24, 2.45) is 0 Å². The molecule has 0 bridgehead atoms. The maximum Gasteiger partial charge on any atom is 0.419 e.